The minimum Gasteiger partial charge on any atom is -0.393 e. The van der Waals surface area contributed by atoms with Crippen LogP contribution in [0.15, 0.2) is 12.5 Å². The average Bonchev–Trinajstić information content (AvgIpc) is 2.67. The Hall–Kier alpha value is -0.870. The van der Waals surface area contributed by atoms with E-state index in [0.29, 0.717) is 10.9 Å². The number of nitrogens with zero attached hydrogens (tertiary/aromatic N) is 3. The molecule has 2 rings (SSSR count). The fourth-order valence-corrected chi connectivity index (χ4v) is 2.14. The van der Waals surface area contributed by atoms with E-state index in [9.17, 15) is 5.11 Å². The van der Waals surface area contributed by atoms with Crippen LogP contribution in [0.3, 0.4) is 0 Å². The zero-order valence-corrected chi connectivity index (χ0v) is 9.35. The predicted octanol–water partition coefficient (Wildman–Crippen LogP) is 1.34. The van der Waals surface area contributed by atoms with Crippen LogP contribution in [0.5, 0.6) is 0 Å². The highest BCUT2D eigenvalue weighted by molar-refractivity contribution is 6.32. The van der Waals surface area contributed by atoms with Crippen molar-refractivity contribution >= 4 is 17.4 Å². The van der Waals surface area contributed by atoms with Gasteiger partial charge in [0.1, 0.15) is 11.3 Å². The van der Waals surface area contributed by atoms with Gasteiger partial charge in [0.25, 0.3) is 0 Å². The van der Waals surface area contributed by atoms with Gasteiger partial charge in [0.15, 0.2) is 5.82 Å². The topological polar surface area (TPSA) is 49.2 Å². The Morgan fingerprint density at radius 1 is 1.67 bits per heavy atom. The van der Waals surface area contributed by atoms with Crippen LogP contribution < -0.4 is 4.90 Å². The van der Waals surface area contributed by atoms with E-state index in [4.69, 9.17) is 11.6 Å². The van der Waals surface area contributed by atoms with Crippen LogP contribution in [0.4, 0.5) is 5.82 Å². The lowest BCUT2D eigenvalue weighted by molar-refractivity contribution is 0.136. The molecule has 0 bridgehead atoms. The van der Waals surface area contributed by atoms with Gasteiger partial charge in [-0.1, -0.05) is 11.6 Å². The zero-order chi connectivity index (χ0) is 10.8. The summed E-state index contributed by atoms with van der Waals surface area (Å²) in [5, 5.41) is 10.1. The minimum atomic E-state index is -0.268. The summed E-state index contributed by atoms with van der Waals surface area (Å²) in [5.74, 6) is 1.09. The smallest absolute Gasteiger partial charge is 0.150 e. The molecular weight excluding hydrogens is 214 g/mol. The molecular formula is C10H14ClN3O. The number of rotatable bonds is 2. The summed E-state index contributed by atoms with van der Waals surface area (Å²) in [6.45, 7) is 3.54. The first-order valence-corrected chi connectivity index (χ1v) is 5.45. The number of anilines is 1. The van der Waals surface area contributed by atoms with Crippen molar-refractivity contribution < 1.29 is 5.11 Å². The molecule has 5 heteroatoms. The molecule has 1 aromatic rings. The lowest BCUT2D eigenvalue weighted by atomic mass is 10.0. The fraction of sp³-hybridized carbons (Fsp3) is 0.600. The van der Waals surface area contributed by atoms with E-state index in [1.807, 2.05) is 6.92 Å². The standard InChI is InChI=1S/C10H14ClN3O/c1-7(15)8-2-3-14(5-8)10-9(11)4-12-6-13-10/h4,6-8,15H,2-3,5H2,1H3. The van der Waals surface area contributed by atoms with Crippen LogP contribution in [-0.2, 0) is 0 Å². The van der Waals surface area contributed by atoms with Crippen molar-refractivity contribution in [1.29, 1.82) is 0 Å². The lowest BCUT2D eigenvalue weighted by Crippen LogP contribution is -2.24. The Labute approximate surface area is 93.9 Å². The molecule has 0 radical (unpaired) electrons. The van der Waals surface area contributed by atoms with Crippen molar-refractivity contribution in [2.75, 3.05) is 18.0 Å². The molecule has 0 spiro atoms. The Morgan fingerprint density at radius 3 is 3.07 bits per heavy atom. The summed E-state index contributed by atoms with van der Waals surface area (Å²) in [4.78, 5) is 10.1. The van der Waals surface area contributed by atoms with Gasteiger partial charge in [0, 0.05) is 19.0 Å². The molecule has 1 aromatic heterocycles. The molecule has 0 aromatic carbocycles. The normalized spacial score (nSPS) is 23.1. The summed E-state index contributed by atoms with van der Waals surface area (Å²) < 4.78 is 0. The first kappa shape index (κ1) is 10.6. The second-order valence-electron chi connectivity index (χ2n) is 3.93. The van der Waals surface area contributed by atoms with Crippen LogP contribution in [-0.4, -0.2) is 34.3 Å². The van der Waals surface area contributed by atoms with Gasteiger partial charge < -0.3 is 10.0 Å². The fourth-order valence-electron chi connectivity index (χ4n) is 1.91. The van der Waals surface area contributed by atoms with Crippen molar-refractivity contribution in [3.63, 3.8) is 0 Å². The first-order chi connectivity index (χ1) is 7.18. The highest BCUT2D eigenvalue weighted by atomic mass is 35.5. The third kappa shape index (κ3) is 2.21. The van der Waals surface area contributed by atoms with Gasteiger partial charge in [-0.2, -0.15) is 0 Å². The van der Waals surface area contributed by atoms with Crippen LogP contribution in [0.1, 0.15) is 13.3 Å². The average molecular weight is 228 g/mol. The molecule has 1 saturated heterocycles. The number of aromatic nitrogens is 2. The second-order valence-corrected chi connectivity index (χ2v) is 4.34. The number of aliphatic hydroxyl groups excluding tert-OH is 1. The molecule has 1 aliphatic rings. The number of aliphatic hydroxyl groups is 1. The van der Waals surface area contributed by atoms with Crippen molar-refractivity contribution in [2.24, 2.45) is 5.92 Å². The largest absolute Gasteiger partial charge is 0.393 e. The monoisotopic (exact) mass is 227 g/mol. The molecule has 4 nitrogen and oxygen atoms in total. The highest BCUT2D eigenvalue weighted by Gasteiger charge is 2.27. The Balaban J connectivity index is 2.11. The van der Waals surface area contributed by atoms with Crippen LogP contribution >= 0.6 is 11.6 Å². The van der Waals surface area contributed by atoms with Crippen LogP contribution in [0.25, 0.3) is 0 Å². The molecule has 0 aliphatic carbocycles. The molecule has 15 heavy (non-hydrogen) atoms. The molecule has 1 fully saturated rings. The molecule has 0 amide bonds. The summed E-state index contributed by atoms with van der Waals surface area (Å²) in [6, 6.07) is 0. The van der Waals surface area contributed by atoms with Gasteiger partial charge in [-0.25, -0.2) is 9.97 Å². The number of halogens is 1. The molecule has 2 heterocycles. The molecule has 1 aliphatic heterocycles. The van der Waals surface area contributed by atoms with E-state index in [2.05, 4.69) is 14.9 Å². The van der Waals surface area contributed by atoms with Crippen LogP contribution in [0.2, 0.25) is 5.02 Å². The van der Waals surface area contributed by atoms with Gasteiger partial charge in [0.05, 0.1) is 12.3 Å². The maximum absolute atomic E-state index is 9.49. The molecule has 0 saturated carbocycles. The van der Waals surface area contributed by atoms with Crippen molar-refractivity contribution in [2.45, 2.75) is 19.4 Å². The summed E-state index contributed by atoms with van der Waals surface area (Å²) in [6.07, 6.45) is 3.81. The zero-order valence-electron chi connectivity index (χ0n) is 8.60. The molecule has 2 unspecified atom stereocenters. The lowest BCUT2D eigenvalue weighted by Gasteiger charge is -2.19. The number of hydrogen-bond acceptors (Lipinski definition) is 4. The Morgan fingerprint density at radius 2 is 2.47 bits per heavy atom. The Bertz CT molecular complexity index is 345. The van der Waals surface area contributed by atoms with Crippen molar-refractivity contribution in [3.8, 4) is 0 Å². The second kappa shape index (κ2) is 4.33. The quantitative estimate of drug-likeness (QED) is 0.829. The minimum absolute atomic E-state index is 0.268. The maximum atomic E-state index is 9.49. The van der Waals surface area contributed by atoms with Crippen molar-refractivity contribution in [1.82, 2.24) is 9.97 Å². The first-order valence-electron chi connectivity index (χ1n) is 5.07. The van der Waals surface area contributed by atoms with Crippen molar-refractivity contribution in [3.05, 3.63) is 17.5 Å². The summed E-state index contributed by atoms with van der Waals surface area (Å²) in [7, 11) is 0. The summed E-state index contributed by atoms with van der Waals surface area (Å²) >= 11 is 6.00. The van der Waals surface area contributed by atoms with Gasteiger partial charge in [0.2, 0.25) is 0 Å². The third-order valence-electron chi connectivity index (χ3n) is 2.85. The molecule has 2 atom stereocenters. The van der Waals surface area contributed by atoms with Gasteiger partial charge >= 0.3 is 0 Å². The molecule has 82 valence electrons. The van der Waals surface area contributed by atoms with E-state index in [1.54, 1.807) is 6.20 Å². The van der Waals surface area contributed by atoms with E-state index >= 15 is 0 Å². The predicted molar refractivity (Wildman–Crippen MR) is 59.0 cm³/mol. The van der Waals surface area contributed by atoms with E-state index < -0.39 is 0 Å². The van der Waals surface area contributed by atoms with Gasteiger partial charge in [-0.3, -0.25) is 0 Å². The van der Waals surface area contributed by atoms with E-state index in [0.717, 1.165) is 25.3 Å². The molecule has 1 N–H and O–H groups in total. The summed E-state index contributed by atoms with van der Waals surface area (Å²) in [5.41, 5.74) is 0. The third-order valence-corrected chi connectivity index (χ3v) is 3.12. The van der Waals surface area contributed by atoms with E-state index in [1.165, 1.54) is 6.33 Å². The maximum Gasteiger partial charge on any atom is 0.150 e. The highest BCUT2D eigenvalue weighted by Crippen LogP contribution is 2.28. The SMILES string of the molecule is CC(O)C1CCN(c2ncncc2Cl)C1. The van der Waals surface area contributed by atoms with Gasteiger partial charge in [-0.05, 0) is 13.3 Å². The van der Waals surface area contributed by atoms with Gasteiger partial charge in [-0.15, -0.1) is 0 Å². The van der Waals surface area contributed by atoms with E-state index in [-0.39, 0.29) is 6.10 Å². The Kier molecular flexibility index (Phi) is 3.07. The van der Waals surface area contributed by atoms with Crippen LogP contribution in [0, 0.1) is 5.92 Å². The number of hydrogen-bond donors (Lipinski definition) is 1.